The van der Waals surface area contributed by atoms with E-state index in [2.05, 4.69) is 23.2 Å². The zero-order valence-electron chi connectivity index (χ0n) is 12.3. The van der Waals surface area contributed by atoms with Crippen molar-refractivity contribution in [1.29, 1.82) is 0 Å². The van der Waals surface area contributed by atoms with Gasteiger partial charge in [-0.25, -0.2) is 0 Å². The summed E-state index contributed by atoms with van der Waals surface area (Å²) in [6.45, 7) is 2.61. The van der Waals surface area contributed by atoms with Crippen molar-refractivity contribution in [2.45, 2.75) is 6.92 Å². The molecular formula is C19H16ClNO. The average molecular weight is 310 g/mol. The second-order valence-electron chi connectivity index (χ2n) is 4.87. The molecule has 0 bridgehead atoms. The lowest BCUT2D eigenvalue weighted by Gasteiger charge is -2.10. The van der Waals surface area contributed by atoms with E-state index in [9.17, 15) is 0 Å². The van der Waals surface area contributed by atoms with Gasteiger partial charge in [-0.05, 0) is 48.0 Å². The number of rotatable bonds is 4. The molecule has 0 unspecified atom stereocenters. The molecule has 3 heteroatoms. The Bertz CT molecular complexity index is 809. The lowest BCUT2D eigenvalue weighted by molar-refractivity contribution is 0.340. The SMILES string of the molecule is CCOc1ccc2ccccc2c1/C=N/c1ccc(Cl)cc1. The van der Waals surface area contributed by atoms with E-state index in [1.807, 2.05) is 55.6 Å². The Morgan fingerprint density at radius 1 is 1.00 bits per heavy atom. The third kappa shape index (κ3) is 3.12. The summed E-state index contributed by atoms with van der Waals surface area (Å²) in [7, 11) is 0. The van der Waals surface area contributed by atoms with Gasteiger partial charge in [0, 0.05) is 16.8 Å². The number of nitrogens with zero attached hydrogens (tertiary/aromatic N) is 1. The lowest BCUT2D eigenvalue weighted by atomic mass is 10.0. The molecular weight excluding hydrogens is 294 g/mol. The maximum atomic E-state index is 5.90. The van der Waals surface area contributed by atoms with E-state index in [0.717, 1.165) is 22.4 Å². The number of hydrogen-bond donors (Lipinski definition) is 0. The van der Waals surface area contributed by atoms with Crippen LogP contribution in [0.3, 0.4) is 0 Å². The highest BCUT2D eigenvalue weighted by atomic mass is 35.5. The van der Waals surface area contributed by atoms with E-state index in [-0.39, 0.29) is 0 Å². The number of benzene rings is 3. The van der Waals surface area contributed by atoms with E-state index in [1.165, 1.54) is 5.39 Å². The van der Waals surface area contributed by atoms with Crippen LogP contribution < -0.4 is 4.74 Å². The molecule has 0 saturated carbocycles. The third-order valence-corrected chi connectivity index (χ3v) is 3.65. The third-order valence-electron chi connectivity index (χ3n) is 3.40. The molecule has 0 heterocycles. The monoisotopic (exact) mass is 309 g/mol. The molecule has 0 amide bonds. The van der Waals surface area contributed by atoms with Crippen LogP contribution >= 0.6 is 11.6 Å². The van der Waals surface area contributed by atoms with Crippen LogP contribution in [0.5, 0.6) is 5.75 Å². The molecule has 0 aliphatic rings. The number of aliphatic imine (C=N–C) groups is 1. The topological polar surface area (TPSA) is 21.6 Å². The summed E-state index contributed by atoms with van der Waals surface area (Å²) in [6, 6.07) is 19.7. The molecule has 3 aromatic rings. The predicted octanol–water partition coefficient (Wildman–Crippen LogP) is 5.64. The normalized spacial score (nSPS) is 11.2. The van der Waals surface area contributed by atoms with Crippen LogP contribution in [-0.2, 0) is 0 Å². The predicted molar refractivity (Wildman–Crippen MR) is 93.8 cm³/mol. The maximum absolute atomic E-state index is 5.90. The Morgan fingerprint density at radius 3 is 2.55 bits per heavy atom. The second-order valence-corrected chi connectivity index (χ2v) is 5.30. The van der Waals surface area contributed by atoms with Crippen molar-refractivity contribution in [3.63, 3.8) is 0 Å². The summed E-state index contributed by atoms with van der Waals surface area (Å²) in [5, 5.41) is 3.01. The van der Waals surface area contributed by atoms with Crippen molar-refractivity contribution in [2.75, 3.05) is 6.61 Å². The van der Waals surface area contributed by atoms with E-state index < -0.39 is 0 Å². The van der Waals surface area contributed by atoms with Gasteiger partial charge in [0.2, 0.25) is 0 Å². The molecule has 3 aromatic carbocycles. The average Bonchev–Trinajstić information content (AvgIpc) is 2.55. The Hall–Kier alpha value is -2.32. The molecule has 22 heavy (non-hydrogen) atoms. The standard InChI is InChI=1S/C19H16ClNO/c1-2-22-19-12-7-14-5-3-4-6-17(14)18(19)13-21-16-10-8-15(20)9-11-16/h3-13H,2H2,1H3/b21-13+. The summed E-state index contributed by atoms with van der Waals surface area (Å²) in [6.07, 6.45) is 1.86. The highest BCUT2D eigenvalue weighted by Gasteiger charge is 2.06. The van der Waals surface area contributed by atoms with Crippen molar-refractivity contribution >= 4 is 34.3 Å². The Balaban J connectivity index is 2.07. The van der Waals surface area contributed by atoms with Gasteiger partial charge in [-0.15, -0.1) is 0 Å². The van der Waals surface area contributed by atoms with Crippen LogP contribution in [-0.4, -0.2) is 12.8 Å². The molecule has 0 N–H and O–H groups in total. The minimum Gasteiger partial charge on any atom is -0.493 e. The zero-order valence-corrected chi connectivity index (χ0v) is 13.0. The molecule has 110 valence electrons. The van der Waals surface area contributed by atoms with E-state index in [4.69, 9.17) is 16.3 Å². The van der Waals surface area contributed by atoms with Crippen molar-refractivity contribution in [3.8, 4) is 5.75 Å². The molecule has 3 rings (SSSR count). The van der Waals surface area contributed by atoms with Gasteiger partial charge in [-0.1, -0.05) is 41.9 Å². The molecule has 0 atom stereocenters. The molecule has 0 spiro atoms. The van der Waals surface area contributed by atoms with Gasteiger partial charge >= 0.3 is 0 Å². The molecule has 0 aromatic heterocycles. The fourth-order valence-corrected chi connectivity index (χ4v) is 2.48. The Morgan fingerprint density at radius 2 is 1.77 bits per heavy atom. The summed E-state index contributed by atoms with van der Waals surface area (Å²) in [4.78, 5) is 4.55. The summed E-state index contributed by atoms with van der Waals surface area (Å²) in [5.41, 5.74) is 1.86. The minimum absolute atomic E-state index is 0.625. The first-order valence-corrected chi connectivity index (χ1v) is 7.60. The molecule has 0 saturated heterocycles. The van der Waals surface area contributed by atoms with Gasteiger partial charge < -0.3 is 4.74 Å². The summed E-state index contributed by atoms with van der Waals surface area (Å²) < 4.78 is 5.74. The lowest BCUT2D eigenvalue weighted by Crippen LogP contribution is -1.97. The van der Waals surface area contributed by atoms with Crippen LogP contribution in [0.15, 0.2) is 65.7 Å². The van der Waals surface area contributed by atoms with Gasteiger partial charge in [0.05, 0.1) is 12.3 Å². The minimum atomic E-state index is 0.625. The van der Waals surface area contributed by atoms with Gasteiger partial charge in [0.1, 0.15) is 5.75 Å². The van der Waals surface area contributed by atoms with Crippen molar-refractivity contribution in [3.05, 3.63) is 71.2 Å². The number of halogens is 1. The maximum Gasteiger partial charge on any atom is 0.128 e. The van der Waals surface area contributed by atoms with Crippen LogP contribution in [0.1, 0.15) is 12.5 Å². The first-order chi connectivity index (χ1) is 10.8. The first kappa shape index (κ1) is 14.6. The quantitative estimate of drug-likeness (QED) is 0.571. The highest BCUT2D eigenvalue weighted by molar-refractivity contribution is 6.30. The fourth-order valence-electron chi connectivity index (χ4n) is 2.36. The molecule has 2 nitrogen and oxygen atoms in total. The molecule has 0 aliphatic carbocycles. The summed E-state index contributed by atoms with van der Waals surface area (Å²) >= 11 is 5.90. The van der Waals surface area contributed by atoms with Gasteiger partial charge in [-0.2, -0.15) is 0 Å². The molecule has 0 fully saturated rings. The van der Waals surface area contributed by atoms with Crippen LogP contribution in [0.2, 0.25) is 5.02 Å². The van der Waals surface area contributed by atoms with Crippen molar-refractivity contribution < 1.29 is 4.74 Å². The van der Waals surface area contributed by atoms with Crippen LogP contribution in [0, 0.1) is 0 Å². The summed E-state index contributed by atoms with van der Waals surface area (Å²) in [5.74, 6) is 0.846. The van der Waals surface area contributed by atoms with E-state index in [1.54, 1.807) is 0 Å². The van der Waals surface area contributed by atoms with Crippen LogP contribution in [0.25, 0.3) is 10.8 Å². The highest BCUT2D eigenvalue weighted by Crippen LogP contribution is 2.27. The number of hydrogen-bond acceptors (Lipinski definition) is 2. The fraction of sp³-hybridized carbons (Fsp3) is 0.105. The largest absolute Gasteiger partial charge is 0.493 e. The second kappa shape index (κ2) is 6.63. The Kier molecular flexibility index (Phi) is 4.40. The van der Waals surface area contributed by atoms with Gasteiger partial charge in [0.25, 0.3) is 0 Å². The van der Waals surface area contributed by atoms with E-state index in [0.29, 0.717) is 11.6 Å². The van der Waals surface area contributed by atoms with Crippen molar-refractivity contribution in [2.24, 2.45) is 4.99 Å². The smallest absolute Gasteiger partial charge is 0.128 e. The van der Waals surface area contributed by atoms with Gasteiger partial charge in [-0.3, -0.25) is 4.99 Å². The van der Waals surface area contributed by atoms with Crippen LogP contribution in [0.4, 0.5) is 5.69 Å². The molecule has 0 radical (unpaired) electrons. The van der Waals surface area contributed by atoms with Gasteiger partial charge in [0.15, 0.2) is 0 Å². The Labute approximate surface area is 135 Å². The number of fused-ring (bicyclic) bond motifs is 1. The van der Waals surface area contributed by atoms with E-state index >= 15 is 0 Å². The van der Waals surface area contributed by atoms with Crippen molar-refractivity contribution in [1.82, 2.24) is 0 Å². The zero-order chi connectivity index (χ0) is 15.4. The number of ether oxygens (including phenoxy) is 1. The molecule has 0 aliphatic heterocycles. The first-order valence-electron chi connectivity index (χ1n) is 7.22.